The maximum atomic E-state index is 13.7. The minimum absolute atomic E-state index is 0.126. The number of carbonyl (C=O) groups excluding carboxylic acids is 1. The Morgan fingerprint density at radius 3 is 2.50 bits per heavy atom. The molecule has 1 fully saturated rings. The Balaban J connectivity index is 2.65. The van der Waals surface area contributed by atoms with Crippen LogP contribution in [-0.4, -0.2) is 13.2 Å². The number of para-hydroxylation sites is 1. The van der Waals surface area contributed by atoms with E-state index >= 15 is 0 Å². The molecule has 0 aliphatic heterocycles. The van der Waals surface area contributed by atoms with Crippen LogP contribution >= 0.6 is 0 Å². The lowest BCUT2D eigenvalue weighted by atomic mass is 9.86. The average Bonchev–Trinajstić information content (AvgIpc) is 2.87. The lowest BCUT2D eigenvalue weighted by Crippen LogP contribution is -2.22. The van der Waals surface area contributed by atoms with Crippen molar-refractivity contribution in [2.45, 2.75) is 44.1 Å². The summed E-state index contributed by atoms with van der Waals surface area (Å²) < 4.78 is 32.6. The van der Waals surface area contributed by atoms with Gasteiger partial charge in [-0.2, -0.15) is 4.99 Å². The Morgan fingerprint density at radius 1 is 1.35 bits per heavy atom. The third-order valence-corrected chi connectivity index (χ3v) is 3.88. The van der Waals surface area contributed by atoms with Crippen LogP contribution in [-0.2, 0) is 16.3 Å². The van der Waals surface area contributed by atoms with Gasteiger partial charge in [-0.3, -0.25) is 0 Å². The predicted octanol–water partition coefficient (Wildman–Crippen LogP) is 3.91. The molecule has 1 aliphatic rings. The van der Waals surface area contributed by atoms with E-state index in [0.29, 0.717) is 18.4 Å². The predicted molar refractivity (Wildman–Crippen MR) is 70.8 cm³/mol. The van der Waals surface area contributed by atoms with Crippen LogP contribution < -0.4 is 4.74 Å². The molecule has 1 aromatic rings. The van der Waals surface area contributed by atoms with E-state index in [2.05, 4.69) is 4.99 Å². The van der Waals surface area contributed by atoms with Crippen LogP contribution in [0.5, 0.6) is 5.75 Å². The molecular formula is C15H17F2NO2. The molecule has 1 saturated carbocycles. The highest BCUT2D eigenvalue weighted by atomic mass is 19.3. The Labute approximate surface area is 116 Å². The molecule has 0 amide bonds. The van der Waals surface area contributed by atoms with Gasteiger partial charge in [0.25, 0.3) is 5.92 Å². The number of benzene rings is 1. The second-order valence-corrected chi connectivity index (χ2v) is 5.22. The largest absolute Gasteiger partial charge is 0.496 e. The number of isocyanates is 1. The first-order valence-electron chi connectivity index (χ1n) is 6.59. The fraction of sp³-hybridized carbons (Fsp3) is 0.533. The van der Waals surface area contributed by atoms with Crippen molar-refractivity contribution in [3.8, 4) is 5.75 Å². The minimum atomic E-state index is -3.01. The average molecular weight is 281 g/mol. The number of alkyl halides is 2. The van der Waals surface area contributed by atoms with Gasteiger partial charge < -0.3 is 4.74 Å². The van der Waals surface area contributed by atoms with Gasteiger partial charge in [-0.1, -0.05) is 25.0 Å². The van der Waals surface area contributed by atoms with Gasteiger partial charge in [-0.15, -0.1) is 0 Å². The smallest absolute Gasteiger partial charge is 0.274 e. The van der Waals surface area contributed by atoms with E-state index in [1.165, 1.54) is 13.2 Å². The van der Waals surface area contributed by atoms with Gasteiger partial charge in [0.2, 0.25) is 6.08 Å². The van der Waals surface area contributed by atoms with Gasteiger partial charge >= 0.3 is 0 Å². The van der Waals surface area contributed by atoms with E-state index in [-0.39, 0.29) is 11.3 Å². The number of ether oxygens (including phenoxy) is 1. The van der Waals surface area contributed by atoms with Crippen molar-refractivity contribution >= 4 is 6.08 Å². The molecule has 0 aromatic heterocycles. The zero-order valence-electron chi connectivity index (χ0n) is 11.6. The summed E-state index contributed by atoms with van der Waals surface area (Å²) in [6, 6.07) is 4.61. The molecule has 0 spiro atoms. The lowest BCUT2D eigenvalue weighted by molar-refractivity contribution is 0.0148. The molecule has 0 radical (unpaired) electrons. The van der Waals surface area contributed by atoms with Crippen molar-refractivity contribution in [3.63, 3.8) is 0 Å². The van der Waals surface area contributed by atoms with Crippen LogP contribution in [0.25, 0.3) is 0 Å². The first-order chi connectivity index (χ1) is 9.44. The summed E-state index contributed by atoms with van der Waals surface area (Å²) in [4.78, 5) is 14.7. The van der Waals surface area contributed by atoms with Gasteiger partial charge in [0, 0.05) is 12.5 Å². The van der Waals surface area contributed by atoms with Crippen molar-refractivity contribution in [1.82, 2.24) is 0 Å². The zero-order chi connectivity index (χ0) is 14.8. The minimum Gasteiger partial charge on any atom is -0.496 e. The van der Waals surface area contributed by atoms with Crippen LogP contribution in [0.2, 0.25) is 0 Å². The summed E-state index contributed by atoms with van der Waals surface area (Å²) in [6.45, 7) is 0.832. The van der Waals surface area contributed by atoms with Crippen molar-refractivity contribution in [3.05, 3.63) is 29.3 Å². The number of nitrogens with zero attached hydrogens (tertiary/aromatic N) is 1. The Hall–Kier alpha value is -1.74. The first kappa shape index (κ1) is 14.7. The van der Waals surface area contributed by atoms with Crippen molar-refractivity contribution in [1.29, 1.82) is 0 Å². The number of hydrogen-bond acceptors (Lipinski definition) is 3. The number of rotatable bonds is 4. The third kappa shape index (κ3) is 2.46. The monoisotopic (exact) mass is 281 g/mol. The molecule has 0 saturated heterocycles. The summed E-state index contributed by atoms with van der Waals surface area (Å²) in [7, 11) is 1.36. The highest BCUT2D eigenvalue weighted by molar-refractivity contribution is 5.50. The molecule has 108 valence electrons. The second-order valence-electron chi connectivity index (χ2n) is 5.22. The quantitative estimate of drug-likeness (QED) is 0.620. The maximum absolute atomic E-state index is 13.7. The molecule has 1 aromatic carbocycles. The summed E-state index contributed by atoms with van der Waals surface area (Å²) >= 11 is 0. The molecule has 1 aliphatic carbocycles. The summed E-state index contributed by atoms with van der Waals surface area (Å²) in [6.07, 6.45) is 4.70. The summed E-state index contributed by atoms with van der Waals surface area (Å²) in [5.74, 6) is -2.88. The van der Waals surface area contributed by atoms with Crippen molar-refractivity contribution in [2.75, 3.05) is 7.11 Å². The highest BCUT2D eigenvalue weighted by Gasteiger charge is 2.40. The first-order valence-corrected chi connectivity index (χ1v) is 6.59. The van der Waals surface area contributed by atoms with Crippen LogP contribution in [0.3, 0.4) is 0 Å². The standard InChI is InChI=1S/C15H17F2NO2/c1-14(16,17)11-6-5-7-12(13(11)20-2)15(18-10-19)8-3-4-9-15/h5-7H,3-4,8-9H2,1-2H3. The molecule has 20 heavy (non-hydrogen) atoms. The molecule has 0 heterocycles. The maximum Gasteiger partial charge on any atom is 0.274 e. The third-order valence-electron chi connectivity index (χ3n) is 3.88. The Bertz CT molecular complexity index is 539. The Kier molecular flexibility index (Phi) is 3.91. The zero-order valence-corrected chi connectivity index (χ0v) is 11.6. The number of aliphatic imine (C=N–C) groups is 1. The summed E-state index contributed by atoms with van der Waals surface area (Å²) in [5, 5.41) is 0. The number of methoxy groups -OCH3 is 1. The van der Waals surface area contributed by atoms with Gasteiger partial charge in [0.05, 0.1) is 12.7 Å². The second kappa shape index (κ2) is 5.33. The van der Waals surface area contributed by atoms with Crippen molar-refractivity contribution in [2.24, 2.45) is 4.99 Å². The molecule has 2 rings (SSSR count). The van der Waals surface area contributed by atoms with Crippen LogP contribution in [0.4, 0.5) is 8.78 Å². The number of halogens is 2. The van der Waals surface area contributed by atoms with E-state index in [1.807, 2.05) is 0 Å². The molecule has 0 unspecified atom stereocenters. The summed E-state index contributed by atoms with van der Waals surface area (Å²) in [5.41, 5.74) is -0.390. The molecule has 0 atom stereocenters. The van der Waals surface area contributed by atoms with E-state index in [1.54, 1.807) is 18.2 Å². The van der Waals surface area contributed by atoms with Gasteiger partial charge in [0.1, 0.15) is 11.3 Å². The molecule has 3 nitrogen and oxygen atoms in total. The van der Waals surface area contributed by atoms with Gasteiger partial charge in [-0.05, 0) is 18.9 Å². The van der Waals surface area contributed by atoms with Crippen LogP contribution in [0.15, 0.2) is 23.2 Å². The molecule has 0 bridgehead atoms. The van der Waals surface area contributed by atoms with Gasteiger partial charge in [0.15, 0.2) is 0 Å². The van der Waals surface area contributed by atoms with Crippen LogP contribution in [0.1, 0.15) is 43.7 Å². The molecule has 5 heteroatoms. The normalized spacial score (nSPS) is 17.6. The highest BCUT2D eigenvalue weighted by Crippen LogP contribution is 2.48. The SMILES string of the molecule is COc1c(C(C)(F)F)cccc1C1(N=C=O)CCCC1. The molecule has 0 N–H and O–H groups in total. The van der Waals surface area contributed by atoms with E-state index < -0.39 is 11.5 Å². The van der Waals surface area contributed by atoms with Crippen LogP contribution in [0, 0.1) is 0 Å². The Morgan fingerprint density at radius 2 is 2.00 bits per heavy atom. The van der Waals surface area contributed by atoms with E-state index in [9.17, 15) is 13.6 Å². The van der Waals surface area contributed by atoms with E-state index in [4.69, 9.17) is 4.74 Å². The van der Waals surface area contributed by atoms with Crippen molar-refractivity contribution < 1.29 is 18.3 Å². The molecular weight excluding hydrogens is 264 g/mol. The van der Waals surface area contributed by atoms with Gasteiger partial charge in [-0.25, -0.2) is 13.6 Å². The van der Waals surface area contributed by atoms with E-state index in [0.717, 1.165) is 19.8 Å². The topological polar surface area (TPSA) is 38.7 Å². The lowest BCUT2D eigenvalue weighted by Gasteiger charge is -2.27. The fourth-order valence-corrected chi connectivity index (χ4v) is 2.96. The number of hydrogen-bond donors (Lipinski definition) is 0. The fourth-order valence-electron chi connectivity index (χ4n) is 2.96.